The van der Waals surface area contributed by atoms with E-state index in [1.807, 2.05) is 24.4 Å². The van der Waals surface area contributed by atoms with Crippen LogP contribution < -0.4 is 10.2 Å². The van der Waals surface area contributed by atoms with Crippen molar-refractivity contribution in [3.8, 4) is 0 Å². The van der Waals surface area contributed by atoms with Crippen LogP contribution in [0.4, 0.5) is 11.5 Å². The van der Waals surface area contributed by atoms with Gasteiger partial charge >= 0.3 is 0 Å². The van der Waals surface area contributed by atoms with Crippen molar-refractivity contribution in [3.05, 3.63) is 64.3 Å². The van der Waals surface area contributed by atoms with Crippen LogP contribution in [-0.2, 0) is 6.54 Å². The number of benzene rings is 1. The van der Waals surface area contributed by atoms with Gasteiger partial charge in [0.25, 0.3) is 5.69 Å². The predicted octanol–water partition coefficient (Wildman–Crippen LogP) is 2.91. The van der Waals surface area contributed by atoms with Crippen LogP contribution in [-0.4, -0.2) is 53.5 Å². The summed E-state index contributed by atoms with van der Waals surface area (Å²) < 4.78 is 0. The van der Waals surface area contributed by atoms with Crippen molar-refractivity contribution in [3.63, 3.8) is 0 Å². The zero-order valence-electron chi connectivity index (χ0n) is 17.0. The number of nitro benzene ring substituents is 1. The van der Waals surface area contributed by atoms with Crippen LogP contribution in [0.3, 0.4) is 0 Å². The molecule has 1 N–H and O–H groups in total. The molecule has 0 atom stereocenters. The highest BCUT2D eigenvalue weighted by Gasteiger charge is 2.20. The van der Waals surface area contributed by atoms with Gasteiger partial charge in [-0.3, -0.25) is 10.1 Å². The first-order valence-corrected chi connectivity index (χ1v) is 9.95. The van der Waals surface area contributed by atoms with Gasteiger partial charge in [0.2, 0.25) is 0 Å². The monoisotopic (exact) mass is 396 g/mol. The first-order chi connectivity index (χ1) is 14.0. The molecule has 0 amide bonds. The summed E-state index contributed by atoms with van der Waals surface area (Å²) in [7, 11) is 0. The van der Waals surface area contributed by atoms with E-state index in [1.165, 1.54) is 12.1 Å². The number of anilines is 1. The van der Waals surface area contributed by atoms with Gasteiger partial charge in [-0.1, -0.05) is 32.0 Å². The van der Waals surface area contributed by atoms with Crippen molar-refractivity contribution in [2.45, 2.75) is 20.4 Å². The molecule has 154 valence electrons. The minimum atomic E-state index is -0.385. The molecule has 0 aliphatic carbocycles. The van der Waals surface area contributed by atoms with E-state index in [9.17, 15) is 10.1 Å². The number of nitrogens with zero attached hydrogens (tertiary/aromatic N) is 5. The molecule has 2 aromatic rings. The predicted molar refractivity (Wildman–Crippen MR) is 115 cm³/mol. The standard InChI is InChI=1S/C21H28N6O2/c1-17(2)15-23-21(24-16-18-6-8-19(9-7-18)27(28)29)26-13-11-25(12-14-26)20-5-3-4-10-22-20/h3-10,17H,11-16H2,1-2H3,(H,23,24). The lowest BCUT2D eigenvalue weighted by atomic mass is 10.2. The van der Waals surface area contributed by atoms with E-state index in [2.05, 4.69) is 33.9 Å². The smallest absolute Gasteiger partial charge is 0.269 e. The van der Waals surface area contributed by atoms with Gasteiger partial charge in [-0.05, 0) is 23.6 Å². The molecule has 1 aliphatic heterocycles. The van der Waals surface area contributed by atoms with Gasteiger partial charge in [0, 0.05) is 51.1 Å². The van der Waals surface area contributed by atoms with Crippen molar-refractivity contribution in [2.75, 3.05) is 37.6 Å². The molecule has 3 rings (SSSR count). The number of hydrogen-bond donors (Lipinski definition) is 1. The van der Waals surface area contributed by atoms with Crippen LogP contribution >= 0.6 is 0 Å². The minimum absolute atomic E-state index is 0.0986. The molecular weight excluding hydrogens is 368 g/mol. The zero-order chi connectivity index (χ0) is 20.6. The number of aromatic nitrogens is 1. The van der Waals surface area contributed by atoms with E-state index in [0.29, 0.717) is 12.5 Å². The van der Waals surface area contributed by atoms with Crippen LogP contribution in [0.1, 0.15) is 19.4 Å². The number of rotatable bonds is 6. The molecule has 1 aromatic carbocycles. The maximum Gasteiger partial charge on any atom is 0.269 e. The molecule has 1 aliphatic rings. The Balaban J connectivity index is 1.65. The number of hydrogen-bond acceptors (Lipinski definition) is 5. The Hall–Kier alpha value is -3.16. The van der Waals surface area contributed by atoms with Crippen LogP contribution in [0.25, 0.3) is 0 Å². The molecule has 0 radical (unpaired) electrons. The molecule has 29 heavy (non-hydrogen) atoms. The topological polar surface area (TPSA) is 86.9 Å². The molecule has 1 saturated heterocycles. The second-order valence-electron chi connectivity index (χ2n) is 7.50. The van der Waals surface area contributed by atoms with Gasteiger partial charge < -0.3 is 15.1 Å². The van der Waals surface area contributed by atoms with E-state index < -0.39 is 0 Å². The summed E-state index contributed by atoms with van der Waals surface area (Å²) in [6.07, 6.45) is 1.82. The van der Waals surface area contributed by atoms with Crippen LogP contribution in [0, 0.1) is 16.0 Å². The fourth-order valence-corrected chi connectivity index (χ4v) is 3.14. The normalized spacial score (nSPS) is 14.9. The second-order valence-corrected chi connectivity index (χ2v) is 7.50. The molecule has 0 bridgehead atoms. The lowest BCUT2D eigenvalue weighted by Gasteiger charge is -2.37. The van der Waals surface area contributed by atoms with Crippen molar-refractivity contribution < 1.29 is 4.92 Å². The Morgan fingerprint density at radius 1 is 1.17 bits per heavy atom. The number of aliphatic imine (C=N–C) groups is 1. The largest absolute Gasteiger partial charge is 0.356 e. The van der Waals surface area contributed by atoms with Gasteiger partial charge in [-0.2, -0.15) is 0 Å². The quantitative estimate of drug-likeness (QED) is 0.350. The number of nitro groups is 1. The summed E-state index contributed by atoms with van der Waals surface area (Å²) >= 11 is 0. The van der Waals surface area contributed by atoms with Crippen LogP contribution in [0.5, 0.6) is 0 Å². The van der Waals surface area contributed by atoms with E-state index in [-0.39, 0.29) is 10.6 Å². The number of nitrogens with one attached hydrogen (secondary N) is 1. The lowest BCUT2D eigenvalue weighted by Crippen LogP contribution is -2.53. The molecule has 1 aromatic heterocycles. The maximum absolute atomic E-state index is 10.8. The van der Waals surface area contributed by atoms with Gasteiger partial charge in [0.05, 0.1) is 11.5 Å². The van der Waals surface area contributed by atoms with Gasteiger partial charge in [-0.25, -0.2) is 9.98 Å². The Bertz CT molecular complexity index is 815. The summed E-state index contributed by atoms with van der Waals surface area (Å²) in [5, 5.41) is 14.3. The van der Waals surface area contributed by atoms with Gasteiger partial charge in [0.15, 0.2) is 5.96 Å². The molecule has 8 heteroatoms. The van der Waals surface area contributed by atoms with Crippen LogP contribution in [0.2, 0.25) is 0 Å². The van der Waals surface area contributed by atoms with Crippen molar-refractivity contribution >= 4 is 17.5 Å². The van der Waals surface area contributed by atoms with E-state index in [4.69, 9.17) is 4.99 Å². The third-order valence-corrected chi connectivity index (χ3v) is 4.78. The molecular formula is C21H28N6O2. The van der Waals surface area contributed by atoms with E-state index >= 15 is 0 Å². The Kier molecular flexibility index (Phi) is 6.99. The first kappa shape index (κ1) is 20.6. The molecule has 0 spiro atoms. The molecule has 0 unspecified atom stereocenters. The number of piperazine rings is 1. The van der Waals surface area contributed by atoms with Crippen LogP contribution in [0.15, 0.2) is 53.7 Å². The van der Waals surface area contributed by atoms with Crippen molar-refractivity contribution in [1.29, 1.82) is 0 Å². The third kappa shape index (κ3) is 5.91. The molecule has 2 heterocycles. The maximum atomic E-state index is 10.8. The summed E-state index contributed by atoms with van der Waals surface area (Å²) in [5.74, 6) is 2.40. The third-order valence-electron chi connectivity index (χ3n) is 4.78. The van der Waals surface area contributed by atoms with Gasteiger partial charge in [-0.15, -0.1) is 0 Å². The fourth-order valence-electron chi connectivity index (χ4n) is 3.14. The lowest BCUT2D eigenvalue weighted by molar-refractivity contribution is -0.384. The highest BCUT2D eigenvalue weighted by molar-refractivity contribution is 5.80. The summed E-state index contributed by atoms with van der Waals surface area (Å²) in [6.45, 7) is 9.16. The van der Waals surface area contributed by atoms with Gasteiger partial charge in [0.1, 0.15) is 5.82 Å². The summed E-state index contributed by atoms with van der Waals surface area (Å²) in [4.78, 5) is 24.2. The Morgan fingerprint density at radius 2 is 1.90 bits per heavy atom. The molecule has 0 saturated carbocycles. The van der Waals surface area contributed by atoms with E-state index in [0.717, 1.165) is 50.1 Å². The average Bonchev–Trinajstić information content (AvgIpc) is 2.75. The Morgan fingerprint density at radius 3 is 2.48 bits per heavy atom. The average molecular weight is 396 g/mol. The highest BCUT2D eigenvalue weighted by atomic mass is 16.6. The zero-order valence-corrected chi connectivity index (χ0v) is 17.0. The van der Waals surface area contributed by atoms with Crippen molar-refractivity contribution in [2.24, 2.45) is 10.9 Å². The second kappa shape index (κ2) is 9.86. The highest BCUT2D eigenvalue weighted by Crippen LogP contribution is 2.14. The summed E-state index contributed by atoms with van der Waals surface area (Å²) in [5.41, 5.74) is 1.05. The number of pyridine rings is 1. The number of guanidine groups is 1. The van der Waals surface area contributed by atoms with E-state index in [1.54, 1.807) is 12.1 Å². The molecule has 1 fully saturated rings. The number of non-ortho nitro benzene ring substituents is 1. The van der Waals surface area contributed by atoms with Crippen molar-refractivity contribution in [1.82, 2.24) is 15.2 Å². The SMILES string of the molecule is CC(C)CNC(=NCc1ccc([N+](=O)[O-])cc1)N1CCN(c2ccccn2)CC1. The first-order valence-electron chi connectivity index (χ1n) is 9.95. The minimum Gasteiger partial charge on any atom is -0.356 e. The summed E-state index contributed by atoms with van der Waals surface area (Å²) in [6, 6.07) is 12.6. The Labute approximate surface area is 171 Å². The molecule has 8 nitrogen and oxygen atoms in total. The fraction of sp³-hybridized carbons (Fsp3) is 0.429.